The molecule has 0 unspecified atom stereocenters. The van der Waals surface area contributed by atoms with Crippen molar-refractivity contribution < 1.29 is 9.59 Å². The summed E-state index contributed by atoms with van der Waals surface area (Å²) >= 11 is 13.5. The van der Waals surface area contributed by atoms with Gasteiger partial charge in [0.1, 0.15) is 4.83 Å². The topological polar surface area (TPSA) is 84.3 Å². The quantitative estimate of drug-likeness (QED) is 0.592. The number of aromatic nitrogens is 2. The fourth-order valence-electron chi connectivity index (χ4n) is 2.77. The maximum atomic E-state index is 12.6. The second-order valence-corrected chi connectivity index (χ2v) is 7.89. The van der Waals surface area contributed by atoms with Crippen molar-refractivity contribution in [3.05, 3.63) is 56.4 Å². The van der Waals surface area contributed by atoms with Crippen LogP contribution in [0, 0.1) is 0 Å². The maximum Gasteiger partial charge on any atom is 0.262 e. The average Bonchev–Trinajstić information content (AvgIpc) is 3.18. The third-order valence-corrected chi connectivity index (χ3v) is 5.76. The molecule has 152 valence electrons. The predicted octanol–water partition coefficient (Wildman–Crippen LogP) is 3.64. The summed E-state index contributed by atoms with van der Waals surface area (Å²) in [7, 11) is 0. The number of nitrogens with zero attached hydrogens (tertiary/aromatic N) is 3. The number of anilines is 1. The fraction of sp³-hybridized carbons (Fsp3) is 0.263. The van der Waals surface area contributed by atoms with Gasteiger partial charge in [0.25, 0.3) is 5.56 Å². The standard InChI is InChI=1S/C19H18Cl2N4O3S/c1-2-24(10-15(26)23-17-13(20)4-3-5-14(17)21)16(27)6-8-25-11-22-18-12(19(25)28)7-9-29-18/h3-5,7,9,11H,2,6,8,10H2,1H3,(H,23,26). The second kappa shape index (κ2) is 9.39. The highest BCUT2D eigenvalue weighted by atomic mass is 35.5. The van der Waals surface area contributed by atoms with Crippen LogP contribution in [-0.2, 0) is 16.1 Å². The molecule has 0 aliphatic carbocycles. The number of para-hydroxylation sites is 1. The van der Waals surface area contributed by atoms with Gasteiger partial charge in [-0.3, -0.25) is 19.0 Å². The molecule has 3 aromatic rings. The van der Waals surface area contributed by atoms with E-state index in [0.717, 1.165) is 0 Å². The number of halogens is 2. The first-order chi connectivity index (χ1) is 13.9. The zero-order valence-electron chi connectivity index (χ0n) is 15.5. The van der Waals surface area contributed by atoms with Gasteiger partial charge < -0.3 is 10.2 Å². The molecule has 29 heavy (non-hydrogen) atoms. The largest absolute Gasteiger partial charge is 0.334 e. The van der Waals surface area contributed by atoms with E-state index in [4.69, 9.17) is 23.2 Å². The Morgan fingerprint density at radius 2 is 1.97 bits per heavy atom. The van der Waals surface area contributed by atoms with Crippen molar-refractivity contribution in [2.75, 3.05) is 18.4 Å². The number of carbonyl (C=O) groups excluding carboxylic acids is 2. The minimum absolute atomic E-state index is 0.0746. The number of rotatable bonds is 7. The van der Waals surface area contributed by atoms with Crippen LogP contribution in [0.1, 0.15) is 13.3 Å². The summed E-state index contributed by atoms with van der Waals surface area (Å²) in [6, 6.07) is 6.62. The number of hydrogen-bond acceptors (Lipinski definition) is 5. The van der Waals surface area contributed by atoms with Crippen LogP contribution in [0.25, 0.3) is 10.2 Å². The first-order valence-electron chi connectivity index (χ1n) is 8.85. The van der Waals surface area contributed by atoms with Crippen LogP contribution < -0.4 is 10.9 Å². The van der Waals surface area contributed by atoms with E-state index in [0.29, 0.717) is 32.5 Å². The molecule has 0 spiro atoms. The summed E-state index contributed by atoms with van der Waals surface area (Å²) in [4.78, 5) is 43.6. The van der Waals surface area contributed by atoms with Gasteiger partial charge in [-0.2, -0.15) is 0 Å². The first-order valence-corrected chi connectivity index (χ1v) is 10.5. The van der Waals surface area contributed by atoms with E-state index in [2.05, 4.69) is 10.3 Å². The van der Waals surface area contributed by atoms with Gasteiger partial charge >= 0.3 is 0 Å². The van der Waals surface area contributed by atoms with Crippen molar-refractivity contribution in [2.24, 2.45) is 0 Å². The van der Waals surface area contributed by atoms with E-state index in [-0.39, 0.29) is 31.0 Å². The molecule has 0 aliphatic heterocycles. The normalized spacial score (nSPS) is 10.9. The lowest BCUT2D eigenvalue weighted by atomic mass is 10.3. The number of amides is 2. The molecule has 0 atom stereocenters. The number of thiophene rings is 1. The molecule has 1 aromatic carbocycles. The van der Waals surface area contributed by atoms with Crippen molar-refractivity contribution in [1.29, 1.82) is 0 Å². The Morgan fingerprint density at radius 3 is 2.66 bits per heavy atom. The number of nitrogens with one attached hydrogen (secondary N) is 1. The molecule has 0 aliphatic rings. The van der Waals surface area contributed by atoms with Crippen LogP contribution >= 0.6 is 34.5 Å². The molecule has 0 bridgehead atoms. The molecule has 2 amide bonds. The molecule has 3 rings (SSSR count). The van der Waals surface area contributed by atoms with Gasteiger partial charge in [-0.15, -0.1) is 11.3 Å². The molecule has 0 fully saturated rings. The minimum atomic E-state index is -0.409. The summed E-state index contributed by atoms with van der Waals surface area (Å²) < 4.78 is 1.41. The number of aryl methyl sites for hydroxylation is 1. The van der Waals surface area contributed by atoms with Gasteiger partial charge in [0.05, 0.1) is 34.0 Å². The van der Waals surface area contributed by atoms with E-state index in [9.17, 15) is 14.4 Å². The molecular weight excluding hydrogens is 435 g/mol. The Morgan fingerprint density at radius 1 is 1.24 bits per heavy atom. The molecule has 1 N–H and O–H groups in total. The van der Waals surface area contributed by atoms with Crippen molar-refractivity contribution in [3.63, 3.8) is 0 Å². The SMILES string of the molecule is CCN(CC(=O)Nc1c(Cl)cccc1Cl)C(=O)CCn1cnc2sccc2c1=O. The van der Waals surface area contributed by atoms with Gasteiger partial charge in [-0.05, 0) is 30.5 Å². The van der Waals surface area contributed by atoms with Crippen LogP contribution in [0.15, 0.2) is 40.8 Å². The van der Waals surface area contributed by atoms with E-state index in [1.165, 1.54) is 27.1 Å². The average molecular weight is 453 g/mol. The Labute approximate surface area is 180 Å². The molecule has 0 radical (unpaired) electrons. The molecule has 2 heterocycles. The Hall–Kier alpha value is -2.42. The highest BCUT2D eigenvalue weighted by Crippen LogP contribution is 2.29. The third-order valence-electron chi connectivity index (χ3n) is 4.31. The van der Waals surface area contributed by atoms with Gasteiger partial charge in [-0.25, -0.2) is 4.98 Å². The smallest absolute Gasteiger partial charge is 0.262 e. The van der Waals surface area contributed by atoms with Gasteiger partial charge in [0, 0.05) is 19.5 Å². The van der Waals surface area contributed by atoms with E-state index in [1.807, 2.05) is 0 Å². The van der Waals surface area contributed by atoms with E-state index >= 15 is 0 Å². The van der Waals surface area contributed by atoms with Crippen LogP contribution in [-0.4, -0.2) is 39.4 Å². The molecule has 10 heteroatoms. The summed E-state index contributed by atoms with van der Waals surface area (Å²) in [5, 5.41) is 5.61. The Kier molecular flexibility index (Phi) is 6.89. The van der Waals surface area contributed by atoms with E-state index < -0.39 is 5.91 Å². The van der Waals surface area contributed by atoms with Crippen LogP contribution in [0.4, 0.5) is 5.69 Å². The van der Waals surface area contributed by atoms with Gasteiger partial charge in [0.2, 0.25) is 11.8 Å². The van der Waals surface area contributed by atoms with Gasteiger partial charge in [-0.1, -0.05) is 29.3 Å². The van der Waals surface area contributed by atoms with Crippen molar-refractivity contribution in [1.82, 2.24) is 14.5 Å². The molecule has 0 saturated heterocycles. The van der Waals surface area contributed by atoms with Crippen LogP contribution in [0.3, 0.4) is 0 Å². The van der Waals surface area contributed by atoms with Crippen LogP contribution in [0.5, 0.6) is 0 Å². The monoisotopic (exact) mass is 452 g/mol. The molecule has 2 aromatic heterocycles. The highest BCUT2D eigenvalue weighted by molar-refractivity contribution is 7.16. The number of hydrogen-bond donors (Lipinski definition) is 1. The maximum absolute atomic E-state index is 12.6. The summed E-state index contributed by atoms with van der Waals surface area (Å²) in [5.41, 5.74) is 0.129. The highest BCUT2D eigenvalue weighted by Gasteiger charge is 2.18. The van der Waals surface area contributed by atoms with Crippen molar-refractivity contribution in [2.45, 2.75) is 19.9 Å². The molecular formula is C19H18Cl2N4O3S. The van der Waals surface area contributed by atoms with Crippen molar-refractivity contribution in [3.8, 4) is 0 Å². The predicted molar refractivity (Wildman–Crippen MR) is 116 cm³/mol. The molecule has 0 saturated carbocycles. The minimum Gasteiger partial charge on any atom is -0.334 e. The Balaban J connectivity index is 1.61. The van der Waals surface area contributed by atoms with Crippen molar-refractivity contribution >= 4 is 62.3 Å². The Bertz CT molecular complexity index is 1090. The lowest BCUT2D eigenvalue weighted by molar-refractivity contribution is -0.134. The van der Waals surface area contributed by atoms with Crippen LogP contribution in [0.2, 0.25) is 10.0 Å². The summed E-state index contributed by atoms with van der Waals surface area (Å²) in [6.07, 6.45) is 1.52. The summed E-state index contributed by atoms with van der Waals surface area (Å²) in [6.45, 7) is 2.16. The first kappa shape index (κ1) is 21.3. The number of likely N-dealkylation sites (N-methyl/N-ethyl adjacent to an activating group) is 1. The lowest BCUT2D eigenvalue weighted by Gasteiger charge is -2.21. The molecule has 7 nitrogen and oxygen atoms in total. The number of carbonyl (C=O) groups is 2. The lowest BCUT2D eigenvalue weighted by Crippen LogP contribution is -2.38. The van der Waals surface area contributed by atoms with E-state index in [1.54, 1.807) is 36.6 Å². The number of benzene rings is 1. The van der Waals surface area contributed by atoms with Gasteiger partial charge in [0.15, 0.2) is 0 Å². The summed E-state index contributed by atoms with van der Waals surface area (Å²) in [5.74, 6) is -0.654. The number of fused-ring (bicyclic) bond motifs is 1. The fourth-order valence-corrected chi connectivity index (χ4v) is 3.99. The zero-order valence-corrected chi connectivity index (χ0v) is 17.9. The second-order valence-electron chi connectivity index (χ2n) is 6.19. The zero-order chi connectivity index (χ0) is 21.0. The third kappa shape index (κ3) is 4.95.